The lowest BCUT2D eigenvalue weighted by atomic mass is 9.92. The van der Waals surface area contributed by atoms with E-state index in [1.807, 2.05) is 4.90 Å². The highest BCUT2D eigenvalue weighted by Crippen LogP contribution is 2.40. The molecule has 0 aromatic carbocycles. The molecule has 4 rings (SSSR count). The minimum absolute atomic E-state index is 0.247. The number of carbonyl (C=O) groups is 1. The predicted molar refractivity (Wildman–Crippen MR) is 99.7 cm³/mol. The molecule has 6 heteroatoms. The molecule has 0 N–H and O–H groups in total. The van der Waals surface area contributed by atoms with Crippen LogP contribution >= 0.6 is 23.1 Å². The van der Waals surface area contributed by atoms with Crippen LogP contribution in [0.25, 0.3) is 10.2 Å². The molecule has 128 valence electrons. The Labute approximate surface area is 151 Å². The van der Waals surface area contributed by atoms with Crippen molar-refractivity contribution in [3.63, 3.8) is 0 Å². The summed E-state index contributed by atoms with van der Waals surface area (Å²) in [5, 5.41) is 2.21. The maximum absolute atomic E-state index is 12.6. The van der Waals surface area contributed by atoms with Crippen molar-refractivity contribution in [1.29, 1.82) is 0 Å². The van der Waals surface area contributed by atoms with Crippen LogP contribution < -0.4 is 0 Å². The normalized spacial score (nSPS) is 23.7. The van der Waals surface area contributed by atoms with Crippen LogP contribution in [0, 0.1) is 11.8 Å². The molecule has 3 heterocycles. The molecular formula is C18H23N3OS2. The molecule has 0 radical (unpaired) electrons. The fraction of sp³-hybridized carbons (Fsp3) is 0.611. The molecule has 0 spiro atoms. The monoisotopic (exact) mass is 361 g/mol. The molecule has 2 aromatic rings. The lowest BCUT2D eigenvalue weighted by Gasteiger charge is -2.35. The van der Waals surface area contributed by atoms with Gasteiger partial charge in [0.25, 0.3) is 0 Å². The van der Waals surface area contributed by atoms with Crippen molar-refractivity contribution in [2.24, 2.45) is 11.8 Å². The Morgan fingerprint density at radius 2 is 2.08 bits per heavy atom. The Morgan fingerprint density at radius 3 is 2.88 bits per heavy atom. The summed E-state index contributed by atoms with van der Waals surface area (Å²) in [6.45, 7) is 6.28. The van der Waals surface area contributed by atoms with E-state index in [0.717, 1.165) is 29.4 Å². The molecule has 2 aromatic heterocycles. The minimum Gasteiger partial charge on any atom is -0.341 e. The Bertz CT molecular complexity index is 763. The van der Waals surface area contributed by atoms with Crippen LogP contribution in [0.1, 0.15) is 37.1 Å². The zero-order chi connectivity index (χ0) is 16.7. The zero-order valence-corrected chi connectivity index (χ0v) is 15.9. The van der Waals surface area contributed by atoms with E-state index < -0.39 is 0 Å². The summed E-state index contributed by atoms with van der Waals surface area (Å²) in [5.74, 6) is 1.94. The second kappa shape index (κ2) is 6.64. The third-order valence-corrected chi connectivity index (χ3v) is 7.19. The van der Waals surface area contributed by atoms with Crippen LogP contribution in [-0.2, 0) is 17.6 Å². The van der Waals surface area contributed by atoms with Crippen molar-refractivity contribution in [1.82, 2.24) is 14.9 Å². The summed E-state index contributed by atoms with van der Waals surface area (Å²) in [4.78, 5) is 26.2. The van der Waals surface area contributed by atoms with E-state index >= 15 is 0 Å². The van der Waals surface area contributed by atoms with Crippen molar-refractivity contribution in [3.05, 3.63) is 16.8 Å². The van der Waals surface area contributed by atoms with Gasteiger partial charge in [-0.1, -0.05) is 25.6 Å². The van der Waals surface area contributed by atoms with Crippen molar-refractivity contribution in [2.75, 3.05) is 18.8 Å². The maximum atomic E-state index is 12.6. The standard InChI is InChI=1S/C18H23N3OS2/c1-11-6-12(2)8-21(7-11)15(22)9-23-17-16-13-4-3-5-14(13)24-18(16)20-10-19-17/h10-12H,3-9H2,1-2H3/t11-,12-/m1/s1. The fourth-order valence-electron chi connectivity index (χ4n) is 4.10. The second-order valence-corrected chi connectivity index (χ2v) is 9.30. The smallest absolute Gasteiger partial charge is 0.233 e. The molecule has 0 saturated carbocycles. The summed E-state index contributed by atoms with van der Waals surface area (Å²) < 4.78 is 0. The SMILES string of the molecule is C[C@@H]1C[C@@H](C)CN(C(=O)CSc2ncnc3sc4c(c23)CCC4)C1. The topological polar surface area (TPSA) is 46.1 Å². The molecule has 4 nitrogen and oxygen atoms in total. The highest BCUT2D eigenvalue weighted by molar-refractivity contribution is 8.00. The molecule has 1 amide bonds. The Kier molecular flexibility index (Phi) is 4.52. The van der Waals surface area contributed by atoms with Crippen LogP contribution in [0.4, 0.5) is 0 Å². The van der Waals surface area contributed by atoms with Gasteiger partial charge in [0, 0.05) is 23.4 Å². The first kappa shape index (κ1) is 16.3. The number of piperidine rings is 1. The van der Waals surface area contributed by atoms with E-state index in [1.165, 1.54) is 35.1 Å². The first-order chi connectivity index (χ1) is 11.6. The first-order valence-corrected chi connectivity index (χ1v) is 10.6. The molecule has 1 fully saturated rings. The molecule has 2 atom stereocenters. The van der Waals surface area contributed by atoms with Crippen LogP contribution in [-0.4, -0.2) is 39.6 Å². The number of carbonyl (C=O) groups excluding carboxylic acids is 1. The van der Waals surface area contributed by atoms with E-state index in [2.05, 4.69) is 23.8 Å². The van der Waals surface area contributed by atoms with Gasteiger partial charge >= 0.3 is 0 Å². The predicted octanol–water partition coefficient (Wildman–Crippen LogP) is 3.78. The molecule has 1 saturated heterocycles. The quantitative estimate of drug-likeness (QED) is 0.617. The lowest BCUT2D eigenvalue weighted by molar-refractivity contribution is -0.130. The fourth-order valence-corrected chi connectivity index (χ4v) is 6.32. The van der Waals surface area contributed by atoms with E-state index in [0.29, 0.717) is 17.6 Å². The van der Waals surface area contributed by atoms with Gasteiger partial charge < -0.3 is 4.90 Å². The summed E-state index contributed by atoms with van der Waals surface area (Å²) >= 11 is 3.39. The van der Waals surface area contributed by atoms with E-state index in [-0.39, 0.29) is 5.91 Å². The van der Waals surface area contributed by atoms with Crippen LogP contribution in [0.5, 0.6) is 0 Å². The third kappa shape index (κ3) is 3.06. The van der Waals surface area contributed by atoms with Crippen LogP contribution in [0.2, 0.25) is 0 Å². The summed E-state index contributed by atoms with van der Waals surface area (Å²) in [5.41, 5.74) is 1.44. The number of hydrogen-bond donors (Lipinski definition) is 0. The van der Waals surface area contributed by atoms with Crippen LogP contribution in [0.15, 0.2) is 11.4 Å². The molecule has 2 aliphatic rings. The first-order valence-electron chi connectivity index (χ1n) is 8.77. The van der Waals surface area contributed by atoms with Gasteiger partial charge in [0.2, 0.25) is 5.91 Å². The van der Waals surface area contributed by atoms with Gasteiger partial charge in [0.15, 0.2) is 0 Å². The van der Waals surface area contributed by atoms with Gasteiger partial charge in [-0.3, -0.25) is 4.79 Å². The van der Waals surface area contributed by atoms with Crippen molar-refractivity contribution >= 4 is 39.2 Å². The van der Waals surface area contributed by atoms with E-state index in [4.69, 9.17) is 0 Å². The maximum Gasteiger partial charge on any atom is 0.233 e. The molecular weight excluding hydrogens is 338 g/mol. The van der Waals surface area contributed by atoms with Gasteiger partial charge in [0.05, 0.1) is 5.75 Å². The summed E-state index contributed by atoms with van der Waals surface area (Å²) in [6.07, 6.45) is 6.41. The van der Waals surface area contributed by atoms with Crippen molar-refractivity contribution < 1.29 is 4.79 Å². The Balaban J connectivity index is 1.50. The number of aryl methyl sites for hydroxylation is 2. The van der Waals surface area contributed by atoms with Crippen LogP contribution in [0.3, 0.4) is 0 Å². The molecule has 0 bridgehead atoms. The Morgan fingerprint density at radius 1 is 1.29 bits per heavy atom. The molecule has 0 unspecified atom stereocenters. The van der Waals surface area contributed by atoms with E-state index in [1.54, 1.807) is 29.4 Å². The number of thioether (sulfide) groups is 1. The van der Waals surface area contributed by atoms with Crippen molar-refractivity contribution in [3.8, 4) is 0 Å². The largest absolute Gasteiger partial charge is 0.341 e. The molecule has 1 aliphatic heterocycles. The number of nitrogens with zero attached hydrogens (tertiary/aromatic N) is 3. The average molecular weight is 362 g/mol. The van der Waals surface area contributed by atoms with Gasteiger partial charge in [-0.15, -0.1) is 11.3 Å². The van der Waals surface area contributed by atoms with Gasteiger partial charge in [-0.2, -0.15) is 0 Å². The number of aromatic nitrogens is 2. The van der Waals surface area contributed by atoms with Gasteiger partial charge in [-0.05, 0) is 43.1 Å². The molecule has 1 aliphatic carbocycles. The highest BCUT2D eigenvalue weighted by atomic mass is 32.2. The van der Waals surface area contributed by atoms with Crippen molar-refractivity contribution in [2.45, 2.75) is 44.6 Å². The number of hydrogen-bond acceptors (Lipinski definition) is 5. The zero-order valence-electron chi connectivity index (χ0n) is 14.2. The average Bonchev–Trinajstić information content (AvgIpc) is 3.12. The summed E-state index contributed by atoms with van der Waals surface area (Å²) in [7, 11) is 0. The minimum atomic E-state index is 0.247. The second-order valence-electron chi connectivity index (χ2n) is 7.25. The molecule has 24 heavy (non-hydrogen) atoms. The number of amides is 1. The Hall–Kier alpha value is -1.14. The third-order valence-electron chi connectivity index (χ3n) is 5.02. The summed E-state index contributed by atoms with van der Waals surface area (Å²) in [6, 6.07) is 0. The van der Waals surface area contributed by atoms with E-state index in [9.17, 15) is 4.79 Å². The lowest BCUT2D eigenvalue weighted by Crippen LogP contribution is -2.43. The number of thiophene rings is 1. The number of fused-ring (bicyclic) bond motifs is 3. The highest BCUT2D eigenvalue weighted by Gasteiger charge is 2.26. The van der Waals surface area contributed by atoms with Gasteiger partial charge in [0.1, 0.15) is 16.2 Å². The number of likely N-dealkylation sites (tertiary alicyclic amines) is 1. The number of rotatable bonds is 3. The van der Waals surface area contributed by atoms with Gasteiger partial charge in [-0.25, -0.2) is 9.97 Å².